The highest BCUT2D eigenvalue weighted by molar-refractivity contribution is 5.97. The van der Waals surface area contributed by atoms with Gasteiger partial charge in [0.15, 0.2) is 0 Å². The molecule has 2 aromatic rings. The Bertz CT molecular complexity index is 894. The summed E-state index contributed by atoms with van der Waals surface area (Å²) in [5.41, 5.74) is 3.45. The molecule has 0 aliphatic carbocycles. The Labute approximate surface area is 164 Å². The van der Waals surface area contributed by atoms with Crippen molar-refractivity contribution < 1.29 is 14.7 Å². The number of benzene rings is 2. The average Bonchev–Trinajstić information content (AvgIpc) is 2.69. The molecular formula is C22H23N3O3. The lowest BCUT2D eigenvalue weighted by molar-refractivity contribution is -0.136. The standard InChI is InChI=1S/C22H23N3O3/c1-3-16-4-8-18(9-5-16)15(2)25-22(28)19(13-23)14-24-20-10-6-17(7-11-20)12-21(26)27/h4-11,14-15,24H,3,12H2,1-2H3,(H,25,28)(H,26,27)/b19-14-. The van der Waals surface area contributed by atoms with E-state index in [-0.39, 0.29) is 18.0 Å². The van der Waals surface area contributed by atoms with Crippen LogP contribution in [0.4, 0.5) is 5.69 Å². The monoisotopic (exact) mass is 377 g/mol. The number of amides is 1. The summed E-state index contributed by atoms with van der Waals surface area (Å²) in [5, 5.41) is 23.8. The van der Waals surface area contributed by atoms with E-state index in [1.54, 1.807) is 24.3 Å². The van der Waals surface area contributed by atoms with Gasteiger partial charge in [-0.25, -0.2) is 0 Å². The van der Waals surface area contributed by atoms with E-state index in [9.17, 15) is 14.9 Å². The first kappa shape index (κ1) is 20.7. The molecule has 3 N–H and O–H groups in total. The Hall–Kier alpha value is -3.59. The fourth-order valence-electron chi connectivity index (χ4n) is 2.60. The fourth-order valence-corrected chi connectivity index (χ4v) is 2.60. The highest BCUT2D eigenvalue weighted by Gasteiger charge is 2.13. The van der Waals surface area contributed by atoms with E-state index in [2.05, 4.69) is 17.6 Å². The third-order valence-electron chi connectivity index (χ3n) is 4.29. The lowest BCUT2D eigenvalue weighted by Gasteiger charge is -2.14. The normalized spacial score (nSPS) is 12.0. The number of carbonyl (C=O) groups excluding carboxylic acids is 1. The largest absolute Gasteiger partial charge is 0.481 e. The molecule has 0 saturated heterocycles. The van der Waals surface area contributed by atoms with Gasteiger partial charge in [-0.15, -0.1) is 0 Å². The molecule has 1 atom stereocenters. The Morgan fingerprint density at radius 2 is 1.71 bits per heavy atom. The number of aryl methyl sites for hydroxylation is 1. The van der Waals surface area contributed by atoms with Crippen LogP contribution in [0.5, 0.6) is 0 Å². The van der Waals surface area contributed by atoms with Crippen molar-refractivity contribution in [1.82, 2.24) is 5.32 Å². The van der Waals surface area contributed by atoms with Gasteiger partial charge in [0.1, 0.15) is 11.6 Å². The van der Waals surface area contributed by atoms with Gasteiger partial charge >= 0.3 is 5.97 Å². The average molecular weight is 377 g/mol. The van der Waals surface area contributed by atoms with Crippen LogP contribution in [0, 0.1) is 11.3 Å². The van der Waals surface area contributed by atoms with Gasteiger partial charge in [-0.2, -0.15) is 5.26 Å². The third-order valence-corrected chi connectivity index (χ3v) is 4.29. The molecule has 144 valence electrons. The second-order valence-corrected chi connectivity index (χ2v) is 6.37. The zero-order valence-electron chi connectivity index (χ0n) is 15.9. The summed E-state index contributed by atoms with van der Waals surface area (Å²) in [6.07, 6.45) is 2.23. The molecule has 0 aliphatic rings. The molecule has 0 saturated carbocycles. The number of rotatable bonds is 8. The predicted octanol–water partition coefficient (Wildman–Crippen LogP) is 3.57. The molecule has 28 heavy (non-hydrogen) atoms. The van der Waals surface area contributed by atoms with Crippen LogP contribution in [-0.2, 0) is 22.4 Å². The smallest absolute Gasteiger partial charge is 0.307 e. The molecule has 6 nitrogen and oxygen atoms in total. The van der Waals surface area contributed by atoms with Crippen molar-refractivity contribution in [3.63, 3.8) is 0 Å². The molecule has 0 bridgehead atoms. The van der Waals surface area contributed by atoms with Crippen LogP contribution in [0.15, 0.2) is 60.3 Å². The first-order valence-corrected chi connectivity index (χ1v) is 9.00. The number of anilines is 1. The van der Waals surface area contributed by atoms with Gasteiger partial charge in [-0.1, -0.05) is 43.3 Å². The number of aliphatic carboxylic acids is 1. The highest BCUT2D eigenvalue weighted by Crippen LogP contribution is 2.15. The minimum absolute atomic E-state index is 0.0494. The lowest BCUT2D eigenvalue weighted by atomic mass is 10.0. The summed E-state index contributed by atoms with van der Waals surface area (Å²) in [4.78, 5) is 23.1. The molecule has 6 heteroatoms. The van der Waals surface area contributed by atoms with Gasteiger partial charge in [-0.3, -0.25) is 9.59 Å². The number of carbonyl (C=O) groups is 2. The predicted molar refractivity (Wildman–Crippen MR) is 107 cm³/mol. The van der Waals surface area contributed by atoms with Gasteiger partial charge in [0.25, 0.3) is 5.91 Å². The molecule has 0 spiro atoms. The molecule has 2 rings (SSSR count). The second-order valence-electron chi connectivity index (χ2n) is 6.37. The molecule has 1 amide bonds. The number of hydrogen-bond acceptors (Lipinski definition) is 4. The molecule has 2 aromatic carbocycles. The quantitative estimate of drug-likeness (QED) is 0.482. The second kappa shape index (κ2) is 9.93. The lowest BCUT2D eigenvalue weighted by Crippen LogP contribution is -2.28. The van der Waals surface area contributed by atoms with Crippen LogP contribution in [0.25, 0.3) is 0 Å². The van der Waals surface area contributed by atoms with Crippen LogP contribution in [0.1, 0.15) is 36.6 Å². The molecular weight excluding hydrogens is 354 g/mol. The van der Waals surface area contributed by atoms with Crippen LogP contribution in [0.2, 0.25) is 0 Å². The van der Waals surface area contributed by atoms with Crippen LogP contribution in [0.3, 0.4) is 0 Å². The topological polar surface area (TPSA) is 102 Å². The number of nitriles is 1. The highest BCUT2D eigenvalue weighted by atomic mass is 16.4. The molecule has 0 fully saturated rings. The van der Waals surface area contributed by atoms with Crippen molar-refractivity contribution in [2.45, 2.75) is 32.7 Å². The Morgan fingerprint density at radius 3 is 2.25 bits per heavy atom. The third kappa shape index (κ3) is 5.99. The van der Waals surface area contributed by atoms with Crippen LogP contribution < -0.4 is 10.6 Å². The Balaban J connectivity index is 1.99. The fraction of sp³-hybridized carbons (Fsp3) is 0.227. The van der Waals surface area contributed by atoms with Crippen molar-refractivity contribution in [2.75, 3.05) is 5.32 Å². The zero-order chi connectivity index (χ0) is 20.5. The molecule has 0 heterocycles. The summed E-state index contributed by atoms with van der Waals surface area (Å²) < 4.78 is 0. The summed E-state index contributed by atoms with van der Waals surface area (Å²) >= 11 is 0. The van der Waals surface area contributed by atoms with Crippen molar-refractivity contribution in [2.24, 2.45) is 0 Å². The minimum Gasteiger partial charge on any atom is -0.481 e. The molecule has 0 aliphatic heterocycles. The van der Waals surface area contributed by atoms with Gasteiger partial charge < -0.3 is 15.7 Å². The van der Waals surface area contributed by atoms with Crippen molar-refractivity contribution in [1.29, 1.82) is 5.26 Å². The number of hydrogen-bond donors (Lipinski definition) is 3. The van der Waals surface area contributed by atoms with Gasteiger partial charge in [-0.05, 0) is 42.2 Å². The van der Waals surface area contributed by atoms with Crippen LogP contribution >= 0.6 is 0 Å². The van der Waals surface area contributed by atoms with E-state index in [0.717, 1.165) is 12.0 Å². The number of nitrogens with one attached hydrogen (secondary N) is 2. The van der Waals surface area contributed by atoms with Crippen LogP contribution in [-0.4, -0.2) is 17.0 Å². The molecule has 0 aromatic heterocycles. The summed E-state index contributed by atoms with van der Waals surface area (Å²) in [7, 11) is 0. The SMILES string of the molecule is CCc1ccc(C(C)NC(=O)/C(C#N)=C\Nc2ccc(CC(=O)O)cc2)cc1. The van der Waals surface area contributed by atoms with Gasteiger partial charge in [0.05, 0.1) is 12.5 Å². The van der Waals surface area contributed by atoms with E-state index < -0.39 is 11.9 Å². The summed E-state index contributed by atoms with van der Waals surface area (Å²) in [5.74, 6) is -1.37. The number of carboxylic acid groups (broad SMARTS) is 1. The van der Waals surface area contributed by atoms with Gasteiger partial charge in [0, 0.05) is 11.9 Å². The molecule has 0 radical (unpaired) electrons. The number of nitrogens with zero attached hydrogens (tertiary/aromatic N) is 1. The first-order chi connectivity index (χ1) is 13.4. The number of carboxylic acids is 1. The first-order valence-electron chi connectivity index (χ1n) is 9.00. The zero-order valence-corrected chi connectivity index (χ0v) is 15.9. The Morgan fingerprint density at radius 1 is 1.11 bits per heavy atom. The Kier molecular flexibility index (Phi) is 7.35. The summed E-state index contributed by atoms with van der Waals surface area (Å²) in [6.45, 7) is 3.94. The maximum Gasteiger partial charge on any atom is 0.307 e. The molecule has 1 unspecified atom stereocenters. The maximum absolute atomic E-state index is 12.4. The van der Waals surface area contributed by atoms with Gasteiger partial charge in [0.2, 0.25) is 0 Å². The van der Waals surface area contributed by atoms with E-state index in [0.29, 0.717) is 11.3 Å². The van der Waals surface area contributed by atoms with Crippen molar-refractivity contribution >= 4 is 17.6 Å². The van der Waals surface area contributed by atoms with Crippen molar-refractivity contribution in [3.8, 4) is 6.07 Å². The van der Waals surface area contributed by atoms with E-state index >= 15 is 0 Å². The van der Waals surface area contributed by atoms with E-state index in [4.69, 9.17) is 5.11 Å². The van der Waals surface area contributed by atoms with E-state index in [1.807, 2.05) is 37.3 Å². The summed E-state index contributed by atoms with van der Waals surface area (Å²) in [6, 6.07) is 16.4. The minimum atomic E-state index is -0.900. The maximum atomic E-state index is 12.4. The van der Waals surface area contributed by atoms with E-state index in [1.165, 1.54) is 11.8 Å². The van der Waals surface area contributed by atoms with Crippen molar-refractivity contribution in [3.05, 3.63) is 77.0 Å².